The van der Waals surface area contributed by atoms with Gasteiger partial charge in [0, 0.05) is 40.9 Å². The van der Waals surface area contributed by atoms with Crippen molar-refractivity contribution in [1.82, 2.24) is 4.57 Å². The van der Waals surface area contributed by atoms with E-state index in [1.807, 2.05) is 0 Å². The molecule has 14 heteroatoms. The van der Waals surface area contributed by atoms with Gasteiger partial charge >= 0.3 is 6.18 Å². The molecule has 3 rings (SSSR count). The van der Waals surface area contributed by atoms with E-state index in [1.54, 1.807) is 20.8 Å². The molecule has 0 saturated carbocycles. The van der Waals surface area contributed by atoms with Crippen LogP contribution in [0.5, 0.6) is 11.5 Å². The number of primary amides is 1. The minimum atomic E-state index is -4.62. The number of hydrogen-bond donors (Lipinski definition) is 2. The lowest BCUT2D eigenvalue weighted by Crippen LogP contribution is -2.34. The summed E-state index contributed by atoms with van der Waals surface area (Å²) in [5, 5.41) is 2.68. The maximum Gasteiger partial charge on any atom is 0.422 e. The molecule has 3 aromatic rings. The number of aromatic nitrogens is 1. The quantitative estimate of drug-likeness (QED) is 0.262. The first-order valence-corrected chi connectivity index (χ1v) is 13.2. The number of nitrogens with zero attached hydrogens (tertiary/aromatic N) is 1. The van der Waals surface area contributed by atoms with Gasteiger partial charge in [-0.05, 0) is 57.2 Å². The van der Waals surface area contributed by atoms with E-state index < -0.39 is 47.6 Å². The summed E-state index contributed by atoms with van der Waals surface area (Å²) in [7, 11) is 1.27. The molecule has 3 N–H and O–H groups in total. The number of alkyl halides is 3. The normalized spacial score (nSPS) is 12.5. The number of hydrogen-bond acceptors (Lipinski definition) is 6. The Labute approximate surface area is 249 Å². The standard InChI is InChI=1S/C29H30ClF4N3O6/c1-28(2,3)43-10-9-22(27(40)36-17-6-7-18(26(35)39)21(31)12-17)37-14-24(41-4)20(13-25(37)38)19-11-16(30)5-8-23(19)42-15-29(32,33)34/h5-8,11-14,22H,9-10,15H2,1-4H3,(H2,35,39)(H,36,40). The molecule has 9 nitrogen and oxygen atoms in total. The minimum Gasteiger partial charge on any atom is -0.495 e. The van der Waals surface area contributed by atoms with Crippen molar-refractivity contribution >= 4 is 29.1 Å². The summed E-state index contributed by atoms with van der Waals surface area (Å²) in [5.74, 6) is -2.85. The number of benzene rings is 2. The molecule has 0 aliphatic heterocycles. The Bertz CT molecular complexity index is 1550. The minimum absolute atomic E-state index is 0.00347. The van der Waals surface area contributed by atoms with Crippen molar-refractivity contribution in [2.75, 3.05) is 25.6 Å². The number of ether oxygens (including phenoxy) is 3. The van der Waals surface area contributed by atoms with Crippen molar-refractivity contribution in [2.24, 2.45) is 5.73 Å². The molecule has 0 aliphatic rings. The van der Waals surface area contributed by atoms with Crippen molar-refractivity contribution in [3.05, 3.63) is 75.4 Å². The zero-order valence-electron chi connectivity index (χ0n) is 23.7. The molecule has 1 unspecified atom stereocenters. The number of halogens is 5. The summed E-state index contributed by atoms with van der Waals surface area (Å²) in [5.41, 5.74) is 3.60. The molecular weight excluding hydrogens is 598 g/mol. The van der Waals surface area contributed by atoms with E-state index in [9.17, 15) is 31.9 Å². The number of carbonyl (C=O) groups is 2. The summed E-state index contributed by atoms with van der Waals surface area (Å²) < 4.78 is 70.2. The van der Waals surface area contributed by atoms with Crippen LogP contribution in [0.3, 0.4) is 0 Å². The van der Waals surface area contributed by atoms with Gasteiger partial charge < -0.3 is 25.3 Å². The Morgan fingerprint density at radius 3 is 2.30 bits per heavy atom. The molecule has 43 heavy (non-hydrogen) atoms. The Balaban J connectivity index is 2.06. The molecule has 232 valence electrons. The number of nitrogens with one attached hydrogen (secondary N) is 1. The molecule has 0 aliphatic carbocycles. The van der Waals surface area contributed by atoms with Gasteiger partial charge in [0.05, 0.1) is 24.5 Å². The lowest BCUT2D eigenvalue weighted by atomic mass is 10.0. The highest BCUT2D eigenvalue weighted by Gasteiger charge is 2.30. The Morgan fingerprint density at radius 1 is 1.05 bits per heavy atom. The molecule has 0 bridgehead atoms. The van der Waals surface area contributed by atoms with E-state index in [0.717, 1.165) is 22.8 Å². The third-order valence-electron chi connectivity index (χ3n) is 5.95. The van der Waals surface area contributed by atoms with Crippen LogP contribution in [0.1, 0.15) is 43.6 Å². The fourth-order valence-corrected chi connectivity index (χ4v) is 4.21. The number of carbonyl (C=O) groups excluding carboxylic acids is 2. The number of anilines is 1. The Hall–Kier alpha value is -4.10. The fraction of sp³-hybridized carbons (Fsp3) is 0.345. The molecule has 0 saturated heterocycles. The SMILES string of the molecule is COc1cn(C(CCOC(C)(C)C)C(=O)Nc2ccc(C(N)=O)c(F)c2)c(=O)cc1-c1cc(Cl)ccc1OCC(F)(F)F. The van der Waals surface area contributed by atoms with E-state index >= 15 is 0 Å². The first-order valence-electron chi connectivity index (χ1n) is 12.8. The van der Waals surface area contributed by atoms with E-state index in [1.165, 1.54) is 37.6 Å². The van der Waals surface area contributed by atoms with Crippen LogP contribution in [0.25, 0.3) is 11.1 Å². The summed E-state index contributed by atoms with van der Waals surface area (Å²) in [6, 6.07) is 7.05. The third kappa shape index (κ3) is 9.19. The van der Waals surface area contributed by atoms with E-state index in [4.69, 9.17) is 31.5 Å². The molecule has 2 amide bonds. The predicted octanol–water partition coefficient (Wildman–Crippen LogP) is 5.74. The van der Waals surface area contributed by atoms with Gasteiger partial charge in [-0.25, -0.2) is 4.39 Å². The van der Waals surface area contributed by atoms with Crippen molar-refractivity contribution in [1.29, 1.82) is 0 Å². The zero-order chi connectivity index (χ0) is 32.1. The Morgan fingerprint density at radius 2 is 1.72 bits per heavy atom. The second-order valence-electron chi connectivity index (χ2n) is 10.4. The van der Waals surface area contributed by atoms with Crippen LogP contribution in [-0.2, 0) is 9.53 Å². The maximum atomic E-state index is 14.3. The molecule has 2 aromatic carbocycles. The average molecular weight is 628 g/mol. The van der Waals surface area contributed by atoms with Crippen LogP contribution in [0.4, 0.5) is 23.2 Å². The van der Waals surface area contributed by atoms with E-state index in [2.05, 4.69) is 5.32 Å². The zero-order valence-corrected chi connectivity index (χ0v) is 24.4. The number of nitrogens with two attached hydrogens (primary N) is 1. The van der Waals surface area contributed by atoms with Crippen LogP contribution in [0.15, 0.2) is 53.5 Å². The molecular formula is C29H30ClF4N3O6. The molecule has 1 atom stereocenters. The molecule has 0 spiro atoms. The molecule has 0 radical (unpaired) electrons. The number of rotatable bonds is 11. The first kappa shape index (κ1) is 33.4. The van der Waals surface area contributed by atoms with Crippen molar-refractivity contribution < 1.29 is 41.4 Å². The van der Waals surface area contributed by atoms with Gasteiger partial charge in [-0.2, -0.15) is 13.2 Å². The predicted molar refractivity (Wildman–Crippen MR) is 152 cm³/mol. The van der Waals surface area contributed by atoms with Gasteiger partial charge in [0.15, 0.2) is 6.61 Å². The first-order chi connectivity index (χ1) is 20.0. The van der Waals surface area contributed by atoms with E-state index in [0.29, 0.717) is 0 Å². The smallest absolute Gasteiger partial charge is 0.422 e. The third-order valence-corrected chi connectivity index (χ3v) is 6.19. The van der Waals surface area contributed by atoms with Crippen LogP contribution in [0.2, 0.25) is 5.02 Å². The lowest BCUT2D eigenvalue weighted by Gasteiger charge is -2.24. The average Bonchev–Trinajstić information content (AvgIpc) is 2.89. The van der Waals surface area contributed by atoms with Gasteiger partial charge in [-0.3, -0.25) is 19.0 Å². The number of methoxy groups -OCH3 is 1. The fourth-order valence-electron chi connectivity index (χ4n) is 4.03. The van der Waals surface area contributed by atoms with Crippen molar-refractivity contribution in [3.8, 4) is 22.6 Å². The van der Waals surface area contributed by atoms with Gasteiger partial charge in [-0.1, -0.05) is 11.6 Å². The summed E-state index contributed by atoms with van der Waals surface area (Å²) in [4.78, 5) is 38.3. The lowest BCUT2D eigenvalue weighted by molar-refractivity contribution is -0.153. The second-order valence-corrected chi connectivity index (χ2v) is 10.8. The highest BCUT2D eigenvalue weighted by molar-refractivity contribution is 6.31. The van der Waals surface area contributed by atoms with Crippen LogP contribution >= 0.6 is 11.6 Å². The van der Waals surface area contributed by atoms with Crippen molar-refractivity contribution in [3.63, 3.8) is 0 Å². The topological polar surface area (TPSA) is 122 Å². The van der Waals surface area contributed by atoms with Gasteiger partial charge in [0.2, 0.25) is 5.91 Å². The van der Waals surface area contributed by atoms with Gasteiger partial charge in [0.1, 0.15) is 23.4 Å². The van der Waals surface area contributed by atoms with Gasteiger partial charge in [0.25, 0.3) is 11.5 Å². The summed E-state index contributed by atoms with van der Waals surface area (Å²) >= 11 is 6.10. The van der Waals surface area contributed by atoms with Crippen LogP contribution in [-0.4, -0.2) is 48.5 Å². The molecule has 1 aromatic heterocycles. The largest absolute Gasteiger partial charge is 0.495 e. The van der Waals surface area contributed by atoms with Crippen molar-refractivity contribution in [2.45, 2.75) is 45.0 Å². The Kier molecular flexibility index (Phi) is 10.5. The van der Waals surface area contributed by atoms with Gasteiger partial charge in [-0.15, -0.1) is 0 Å². The monoisotopic (exact) mass is 627 g/mol. The maximum absolute atomic E-state index is 14.3. The highest BCUT2D eigenvalue weighted by atomic mass is 35.5. The molecule has 0 fully saturated rings. The molecule has 1 heterocycles. The second kappa shape index (κ2) is 13.5. The van der Waals surface area contributed by atoms with E-state index in [-0.39, 0.29) is 51.9 Å². The number of amides is 2. The summed E-state index contributed by atoms with van der Waals surface area (Å²) in [6.07, 6.45) is -3.40. The highest BCUT2D eigenvalue weighted by Crippen LogP contribution is 2.38. The summed E-state index contributed by atoms with van der Waals surface area (Å²) in [6.45, 7) is 3.87. The van der Waals surface area contributed by atoms with Crippen LogP contribution < -0.4 is 26.1 Å². The number of pyridine rings is 1. The van der Waals surface area contributed by atoms with Crippen LogP contribution in [0, 0.1) is 5.82 Å².